The maximum Gasteiger partial charge on any atom is 0.199 e. The number of benzene rings is 2. The molecule has 0 amide bonds. The lowest BCUT2D eigenvalue weighted by molar-refractivity contribution is -0.126. The van der Waals surface area contributed by atoms with E-state index >= 15 is 0 Å². The maximum absolute atomic E-state index is 12.6. The van der Waals surface area contributed by atoms with Gasteiger partial charge in [-0.1, -0.05) is 61.0 Å². The zero-order chi connectivity index (χ0) is 24.6. The molecule has 1 aliphatic carbocycles. The van der Waals surface area contributed by atoms with E-state index in [1.165, 1.54) is 5.41 Å². The molecule has 184 valence electrons. The maximum atomic E-state index is 12.6. The summed E-state index contributed by atoms with van der Waals surface area (Å²) in [7, 11) is -3.53. The fourth-order valence-corrected chi connectivity index (χ4v) is 5.78. The molecule has 2 aromatic carbocycles. The smallest absolute Gasteiger partial charge is 0.199 e. The van der Waals surface area contributed by atoms with Gasteiger partial charge in [-0.25, -0.2) is 8.42 Å². The molecule has 0 aromatic heterocycles. The summed E-state index contributed by atoms with van der Waals surface area (Å²) in [6.07, 6.45) is 4.56. The van der Waals surface area contributed by atoms with Crippen molar-refractivity contribution in [1.82, 2.24) is 0 Å². The lowest BCUT2D eigenvalue weighted by atomic mass is 9.73. The second-order valence-corrected chi connectivity index (χ2v) is 11.5. The Balaban J connectivity index is 1.49. The van der Waals surface area contributed by atoms with Crippen molar-refractivity contribution in [2.75, 3.05) is 6.61 Å². The SMILES string of the molecule is Cc1ccc(S(=O)(=O)/C=C/C[C@]2(C)CCC(=O)[C@H]2[C@H](O)CCCCOCc2ccccc2)cc1. The minimum Gasteiger partial charge on any atom is -0.392 e. The molecule has 3 rings (SSSR count). The topological polar surface area (TPSA) is 80.7 Å². The molecular formula is C28H36O5S. The van der Waals surface area contributed by atoms with E-state index in [1.807, 2.05) is 44.2 Å². The number of hydrogen-bond acceptors (Lipinski definition) is 5. The highest BCUT2D eigenvalue weighted by atomic mass is 32.2. The van der Waals surface area contributed by atoms with Crippen molar-refractivity contribution in [2.24, 2.45) is 11.3 Å². The molecule has 0 heterocycles. The molecule has 5 nitrogen and oxygen atoms in total. The van der Waals surface area contributed by atoms with E-state index in [4.69, 9.17) is 4.74 Å². The van der Waals surface area contributed by atoms with Crippen LogP contribution in [0.2, 0.25) is 0 Å². The van der Waals surface area contributed by atoms with Crippen LogP contribution in [0.1, 0.15) is 56.6 Å². The van der Waals surface area contributed by atoms with Gasteiger partial charge in [-0.2, -0.15) is 0 Å². The van der Waals surface area contributed by atoms with Crippen LogP contribution in [0.3, 0.4) is 0 Å². The monoisotopic (exact) mass is 484 g/mol. The van der Waals surface area contributed by atoms with E-state index in [-0.39, 0.29) is 10.7 Å². The lowest BCUT2D eigenvalue weighted by Crippen LogP contribution is -2.35. The van der Waals surface area contributed by atoms with Crippen molar-refractivity contribution in [3.63, 3.8) is 0 Å². The predicted octanol–water partition coefficient (Wildman–Crippen LogP) is 5.41. The van der Waals surface area contributed by atoms with Crippen LogP contribution in [0.5, 0.6) is 0 Å². The van der Waals surface area contributed by atoms with Gasteiger partial charge in [0.15, 0.2) is 9.84 Å². The Kier molecular flexibility index (Phi) is 9.23. The summed E-state index contributed by atoms with van der Waals surface area (Å²) >= 11 is 0. The molecule has 6 heteroatoms. The van der Waals surface area contributed by atoms with Gasteiger partial charge in [0.1, 0.15) is 5.78 Å². The average Bonchev–Trinajstić information content (AvgIpc) is 3.11. The van der Waals surface area contributed by atoms with Gasteiger partial charge in [0, 0.05) is 24.4 Å². The third-order valence-corrected chi connectivity index (χ3v) is 8.26. The van der Waals surface area contributed by atoms with E-state index in [2.05, 4.69) is 0 Å². The molecule has 0 spiro atoms. The summed E-state index contributed by atoms with van der Waals surface area (Å²) < 4.78 is 30.9. The van der Waals surface area contributed by atoms with Gasteiger partial charge in [0.2, 0.25) is 0 Å². The molecule has 0 radical (unpaired) electrons. The number of aryl methyl sites for hydroxylation is 1. The molecule has 1 aliphatic rings. The Morgan fingerprint density at radius 1 is 1.12 bits per heavy atom. The van der Waals surface area contributed by atoms with Gasteiger partial charge in [-0.15, -0.1) is 0 Å². The summed E-state index contributed by atoms with van der Waals surface area (Å²) in [6, 6.07) is 16.7. The van der Waals surface area contributed by atoms with Crippen molar-refractivity contribution >= 4 is 15.6 Å². The molecule has 0 bridgehead atoms. The number of aliphatic hydroxyl groups is 1. The van der Waals surface area contributed by atoms with Crippen LogP contribution in [-0.4, -0.2) is 32.0 Å². The summed E-state index contributed by atoms with van der Waals surface area (Å²) in [4.78, 5) is 12.9. The fourth-order valence-electron chi connectivity index (χ4n) is 4.76. The van der Waals surface area contributed by atoms with E-state index in [1.54, 1.807) is 30.3 Å². The van der Waals surface area contributed by atoms with E-state index in [0.717, 1.165) is 24.0 Å². The second kappa shape index (κ2) is 11.9. The third kappa shape index (κ3) is 7.11. The lowest BCUT2D eigenvalue weighted by Gasteiger charge is -2.32. The molecule has 0 aliphatic heterocycles. The number of rotatable bonds is 12. The number of sulfone groups is 1. The van der Waals surface area contributed by atoms with E-state index in [0.29, 0.717) is 38.9 Å². The van der Waals surface area contributed by atoms with E-state index < -0.39 is 27.3 Å². The number of carbonyl (C=O) groups excluding carboxylic acids is 1. The Hall–Kier alpha value is -2.28. The minimum atomic E-state index is -3.53. The largest absolute Gasteiger partial charge is 0.392 e. The van der Waals surface area contributed by atoms with Gasteiger partial charge in [0.25, 0.3) is 0 Å². The Morgan fingerprint density at radius 3 is 2.53 bits per heavy atom. The van der Waals surface area contributed by atoms with Gasteiger partial charge in [-0.05, 0) is 62.1 Å². The van der Waals surface area contributed by atoms with Crippen molar-refractivity contribution in [3.05, 3.63) is 77.2 Å². The van der Waals surface area contributed by atoms with Crippen LogP contribution in [0.4, 0.5) is 0 Å². The fraction of sp³-hybridized carbons (Fsp3) is 0.464. The predicted molar refractivity (Wildman–Crippen MR) is 134 cm³/mol. The summed E-state index contributed by atoms with van der Waals surface area (Å²) in [5, 5.41) is 12.1. The molecule has 3 atom stereocenters. The van der Waals surface area contributed by atoms with Crippen molar-refractivity contribution in [2.45, 2.75) is 70.0 Å². The first-order valence-corrected chi connectivity index (χ1v) is 13.6. The van der Waals surface area contributed by atoms with Crippen molar-refractivity contribution < 1.29 is 23.1 Å². The number of ketones is 1. The first-order chi connectivity index (χ1) is 16.2. The highest BCUT2D eigenvalue weighted by Crippen LogP contribution is 2.46. The second-order valence-electron chi connectivity index (χ2n) is 9.63. The van der Waals surface area contributed by atoms with Crippen molar-refractivity contribution in [1.29, 1.82) is 0 Å². The summed E-state index contributed by atoms with van der Waals surface area (Å²) in [6.45, 7) is 5.07. The van der Waals surface area contributed by atoms with Gasteiger partial charge < -0.3 is 9.84 Å². The third-order valence-electron chi connectivity index (χ3n) is 6.78. The van der Waals surface area contributed by atoms with Gasteiger partial charge in [-0.3, -0.25) is 4.79 Å². The summed E-state index contributed by atoms with van der Waals surface area (Å²) in [5.41, 5.74) is 1.69. The normalized spacial score (nSPS) is 21.9. The molecule has 1 saturated carbocycles. The molecule has 1 fully saturated rings. The van der Waals surface area contributed by atoms with Crippen LogP contribution in [0, 0.1) is 18.3 Å². The highest BCUT2D eigenvalue weighted by molar-refractivity contribution is 7.94. The number of hydrogen-bond donors (Lipinski definition) is 1. The van der Waals surface area contributed by atoms with Crippen LogP contribution < -0.4 is 0 Å². The number of aliphatic hydroxyl groups excluding tert-OH is 1. The van der Waals surface area contributed by atoms with Crippen LogP contribution in [0.25, 0.3) is 0 Å². The van der Waals surface area contributed by atoms with Crippen molar-refractivity contribution in [3.8, 4) is 0 Å². The zero-order valence-corrected chi connectivity index (χ0v) is 21.0. The average molecular weight is 485 g/mol. The van der Waals surface area contributed by atoms with Gasteiger partial charge >= 0.3 is 0 Å². The summed E-state index contributed by atoms with van der Waals surface area (Å²) in [5.74, 6) is -0.394. The zero-order valence-electron chi connectivity index (χ0n) is 20.2. The van der Waals surface area contributed by atoms with Crippen LogP contribution in [-0.2, 0) is 26.0 Å². The molecule has 2 aromatic rings. The molecule has 1 N–H and O–H groups in total. The molecule has 0 saturated heterocycles. The highest BCUT2D eigenvalue weighted by Gasteiger charge is 2.47. The Morgan fingerprint density at radius 2 is 1.82 bits per heavy atom. The molecule has 0 unspecified atom stereocenters. The minimum absolute atomic E-state index is 0.0742. The number of carbonyl (C=O) groups is 1. The Labute approximate surface area is 203 Å². The van der Waals surface area contributed by atoms with E-state index in [9.17, 15) is 18.3 Å². The first kappa shape index (κ1) is 26.3. The molecular weight excluding hydrogens is 448 g/mol. The number of Topliss-reactive ketones (excluding diaryl/α,β-unsaturated/α-hetero) is 1. The van der Waals surface area contributed by atoms with Crippen LogP contribution >= 0.6 is 0 Å². The standard InChI is InChI=1S/C28H36O5S/c1-22-12-14-24(15-13-22)34(31,32)20-8-17-28(2)18-16-26(30)27(28)25(29)11-6-7-19-33-21-23-9-4-3-5-10-23/h3-5,8-10,12-15,20,25,27,29H,6-7,11,16-19,21H2,1-2H3/b20-8+/t25-,27-,28-/m1/s1. The first-order valence-electron chi connectivity index (χ1n) is 12.0. The van der Waals surface area contributed by atoms with Crippen LogP contribution in [0.15, 0.2) is 71.0 Å². The molecule has 34 heavy (non-hydrogen) atoms. The number of ether oxygens (including phenoxy) is 1. The number of unbranched alkanes of at least 4 members (excludes halogenated alkanes) is 1. The van der Waals surface area contributed by atoms with Gasteiger partial charge in [0.05, 0.1) is 17.6 Å². The number of allylic oxidation sites excluding steroid dienone is 1. The Bertz CT molecular complexity index is 1060. The quantitative estimate of drug-likeness (QED) is 0.408.